The smallest absolute Gasteiger partial charge is 0.323 e. The van der Waals surface area contributed by atoms with Crippen molar-refractivity contribution in [2.24, 2.45) is 0 Å². The number of hydrogen-bond donors (Lipinski definition) is 3. The summed E-state index contributed by atoms with van der Waals surface area (Å²) in [5.74, 6) is 0. The third kappa shape index (κ3) is 3.56. The van der Waals surface area contributed by atoms with E-state index >= 15 is 0 Å². The molecule has 0 atom stereocenters. The molecule has 0 bridgehead atoms. The zero-order valence-corrected chi connectivity index (χ0v) is 10.7. The number of hydrogen-bond acceptors (Lipinski definition) is 2. The van der Waals surface area contributed by atoms with Gasteiger partial charge in [-0.3, -0.25) is 0 Å². The monoisotopic (exact) mass is 256 g/mol. The molecule has 2 aromatic carbocycles. The van der Waals surface area contributed by atoms with Crippen LogP contribution in [-0.4, -0.2) is 11.1 Å². The van der Waals surface area contributed by atoms with Gasteiger partial charge in [0.25, 0.3) is 0 Å². The van der Waals surface area contributed by atoms with Crippen molar-refractivity contribution in [2.45, 2.75) is 13.5 Å². The maximum atomic E-state index is 11.9. The van der Waals surface area contributed by atoms with Gasteiger partial charge in [0.15, 0.2) is 0 Å². The summed E-state index contributed by atoms with van der Waals surface area (Å²) in [6.07, 6.45) is 0. The average molecular weight is 256 g/mol. The van der Waals surface area contributed by atoms with Crippen molar-refractivity contribution in [3.8, 4) is 0 Å². The number of urea groups is 1. The van der Waals surface area contributed by atoms with Crippen LogP contribution in [0.15, 0.2) is 48.5 Å². The van der Waals surface area contributed by atoms with Gasteiger partial charge < -0.3 is 15.7 Å². The molecular formula is C15H16N2O2. The number of carbonyl (C=O) groups is 1. The molecule has 98 valence electrons. The molecule has 0 fully saturated rings. The second-order valence-electron chi connectivity index (χ2n) is 4.26. The van der Waals surface area contributed by atoms with Gasteiger partial charge in [-0.05, 0) is 30.7 Å². The Kier molecular flexibility index (Phi) is 4.15. The number of aryl methyl sites for hydroxylation is 1. The highest BCUT2D eigenvalue weighted by Crippen LogP contribution is 2.16. The first-order chi connectivity index (χ1) is 9.19. The summed E-state index contributed by atoms with van der Waals surface area (Å²) >= 11 is 0. The van der Waals surface area contributed by atoms with Gasteiger partial charge in [-0.1, -0.05) is 30.3 Å². The van der Waals surface area contributed by atoms with Crippen LogP contribution < -0.4 is 10.6 Å². The molecule has 0 aliphatic carbocycles. The number of aliphatic hydroxyl groups excluding tert-OH is 1. The first kappa shape index (κ1) is 13.1. The second-order valence-corrected chi connectivity index (χ2v) is 4.26. The van der Waals surface area contributed by atoms with Gasteiger partial charge >= 0.3 is 6.03 Å². The lowest BCUT2D eigenvalue weighted by molar-refractivity contribution is 0.262. The summed E-state index contributed by atoms with van der Waals surface area (Å²) in [7, 11) is 0. The average Bonchev–Trinajstić information content (AvgIpc) is 2.39. The Hall–Kier alpha value is -2.33. The van der Waals surface area contributed by atoms with Crippen LogP contribution in [0.25, 0.3) is 0 Å². The molecule has 0 aromatic heterocycles. The maximum Gasteiger partial charge on any atom is 0.323 e. The molecule has 0 radical (unpaired) electrons. The Morgan fingerprint density at radius 1 is 1.11 bits per heavy atom. The van der Waals surface area contributed by atoms with E-state index in [9.17, 15) is 9.90 Å². The van der Waals surface area contributed by atoms with Crippen LogP contribution in [0.4, 0.5) is 16.2 Å². The fourth-order valence-corrected chi connectivity index (χ4v) is 1.79. The van der Waals surface area contributed by atoms with E-state index in [0.29, 0.717) is 11.3 Å². The number of aliphatic hydroxyl groups is 1. The Labute approximate surface area is 112 Å². The molecule has 2 aromatic rings. The Balaban J connectivity index is 2.05. The number of amides is 2. The zero-order valence-electron chi connectivity index (χ0n) is 10.7. The lowest BCUT2D eigenvalue weighted by Crippen LogP contribution is -2.20. The largest absolute Gasteiger partial charge is 0.392 e. The minimum Gasteiger partial charge on any atom is -0.392 e. The zero-order chi connectivity index (χ0) is 13.7. The highest BCUT2D eigenvalue weighted by Gasteiger charge is 2.05. The molecule has 3 N–H and O–H groups in total. The molecule has 0 spiro atoms. The molecule has 0 heterocycles. The number of nitrogens with one attached hydrogen (secondary N) is 2. The number of benzene rings is 2. The van der Waals surface area contributed by atoms with Gasteiger partial charge in [0, 0.05) is 16.9 Å². The lowest BCUT2D eigenvalue weighted by atomic mass is 10.2. The van der Waals surface area contributed by atoms with Crippen LogP contribution in [0.1, 0.15) is 11.1 Å². The first-order valence-corrected chi connectivity index (χ1v) is 6.02. The van der Waals surface area contributed by atoms with Crippen LogP contribution >= 0.6 is 0 Å². The summed E-state index contributed by atoms with van der Waals surface area (Å²) < 4.78 is 0. The summed E-state index contributed by atoms with van der Waals surface area (Å²) in [6.45, 7) is 1.85. The molecule has 0 saturated carbocycles. The SMILES string of the molecule is Cc1cccc(NC(=O)Nc2ccccc2CO)c1. The molecule has 4 nitrogen and oxygen atoms in total. The van der Waals surface area contributed by atoms with Crippen molar-refractivity contribution in [3.63, 3.8) is 0 Å². The van der Waals surface area contributed by atoms with Gasteiger partial charge in [-0.15, -0.1) is 0 Å². The van der Waals surface area contributed by atoms with E-state index < -0.39 is 0 Å². The highest BCUT2D eigenvalue weighted by molar-refractivity contribution is 6.00. The Morgan fingerprint density at radius 3 is 2.63 bits per heavy atom. The lowest BCUT2D eigenvalue weighted by Gasteiger charge is -2.10. The number of anilines is 2. The fraction of sp³-hybridized carbons (Fsp3) is 0.133. The van der Waals surface area contributed by atoms with Gasteiger partial charge in [-0.2, -0.15) is 0 Å². The minimum absolute atomic E-state index is 0.110. The van der Waals surface area contributed by atoms with Gasteiger partial charge in [0.1, 0.15) is 0 Å². The topological polar surface area (TPSA) is 61.4 Å². The fourth-order valence-electron chi connectivity index (χ4n) is 1.79. The summed E-state index contributed by atoms with van der Waals surface area (Å²) in [5, 5.41) is 14.7. The minimum atomic E-state index is -0.327. The molecule has 19 heavy (non-hydrogen) atoms. The van der Waals surface area contributed by atoms with E-state index in [1.807, 2.05) is 37.3 Å². The van der Waals surface area contributed by atoms with E-state index in [1.165, 1.54) is 0 Å². The first-order valence-electron chi connectivity index (χ1n) is 6.02. The van der Waals surface area contributed by atoms with E-state index in [1.54, 1.807) is 18.2 Å². The van der Waals surface area contributed by atoms with Gasteiger partial charge in [0.2, 0.25) is 0 Å². The van der Waals surface area contributed by atoms with Crippen molar-refractivity contribution < 1.29 is 9.90 Å². The van der Waals surface area contributed by atoms with Gasteiger partial charge in [-0.25, -0.2) is 4.79 Å². The van der Waals surface area contributed by atoms with Crippen molar-refractivity contribution in [1.82, 2.24) is 0 Å². The second kappa shape index (κ2) is 6.02. The standard InChI is InChI=1S/C15H16N2O2/c1-11-5-4-7-13(9-11)16-15(19)17-14-8-3-2-6-12(14)10-18/h2-9,18H,10H2,1H3,(H2,16,17,19). The van der Waals surface area contributed by atoms with Crippen molar-refractivity contribution in [1.29, 1.82) is 0 Å². The predicted octanol–water partition coefficient (Wildman–Crippen LogP) is 3.13. The van der Waals surface area contributed by atoms with E-state index in [2.05, 4.69) is 10.6 Å². The van der Waals surface area contributed by atoms with Crippen molar-refractivity contribution in [2.75, 3.05) is 10.6 Å². The summed E-state index contributed by atoms with van der Waals surface area (Å²) in [5.41, 5.74) is 3.10. The van der Waals surface area contributed by atoms with E-state index in [4.69, 9.17) is 0 Å². The molecule has 0 aliphatic heterocycles. The van der Waals surface area contributed by atoms with E-state index in [-0.39, 0.29) is 12.6 Å². The summed E-state index contributed by atoms with van der Waals surface area (Å²) in [6, 6.07) is 14.4. The number of rotatable bonds is 3. The number of carbonyl (C=O) groups excluding carboxylic acids is 1. The van der Waals surface area contributed by atoms with Crippen LogP contribution in [0, 0.1) is 6.92 Å². The quantitative estimate of drug-likeness (QED) is 0.790. The molecule has 4 heteroatoms. The van der Waals surface area contributed by atoms with Crippen molar-refractivity contribution >= 4 is 17.4 Å². The molecule has 0 unspecified atom stereocenters. The van der Waals surface area contributed by atoms with Crippen LogP contribution in [0.5, 0.6) is 0 Å². The van der Waals surface area contributed by atoms with Crippen LogP contribution in [-0.2, 0) is 6.61 Å². The normalized spacial score (nSPS) is 10.0. The van der Waals surface area contributed by atoms with Crippen LogP contribution in [0.3, 0.4) is 0 Å². The molecule has 0 aliphatic rings. The Bertz CT molecular complexity index is 582. The molecule has 2 rings (SSSR count). The Morgan fingerprint density at radius 2 is 1.89 bits per heavy atom. The third-order valence-electron chi connectivity index (χ3n) is 2.71. The third-order valence-corrected chi connectivity index (χ3v) is 2.71. The maximum absolute atomic E-state index is 11.9. The van der Waals surface area contributed by atoms with E-state index in [0.717, 1.165) is 11.3 Å². The number of para-hydroxylation sites is 1. The predicted molar refractivity (Wildman–Crippen MR) is 76.2 cm³/mol. The van der Waals surface area contributed by atoms with Gasteiger partial charge in [0.05, 0.1) is 6.61 Å². The molecule has 2 amide bonds. The molecular weight excluding hydrogens is 240 g/mol. The van der Waals surface area contributed by atoms with Crippen molar-refractivity contribution in [3.05, 3.63) is 59.7 Å². The molecule has 0 saturated heterocycles. The summed E-state index contributed by atoms with van der Waals surface area (Å²) in [4.78, 5) is 11.9. The highest BCUT2D eigenvalue weighted by atomic mass is 16.3. The van der Waals surface area contributed by atoms with Crippen LogP contribution in [0.2, 0.25) is 0 Å².